The highest BCUT2D eigenvalue weighted by molar-refractivity contribution is 9.10. The Balaban J connectivity index is 2.23. The molecule has 0 spiro atoms. The van der Waals surface area contributed by atoms with Crippen molar-refractivity contribution < 1.29 is 14.7 Å². The van der Waals surface area contributed by atoms with Crippen LogP contribution in [0.5, 0.6) is 0 Å². The van der Waals surface area contributed by atoms with Crippen molar-refractivity contribution in [3.8, 4) is 0 Å². The predicted octanol–water partition coefficient (Wildman–Crippen LogP) is 2.19. The fourth-order valence-electron chi connectivity index (χ4n) is 1.36. The lowest BCUT2D eigenvalue weighted by molar-refractivity contribution is 0.0690. The summed E-state index contributed by atoms with van der Waals surface area (Å²) in [5.41, 5.74) is 0.589. The van der Waals surface area contributed by atoms with Crippen LogP contribution in [0.3, 0.4) is 0 Å². The number of carbonyl (C=O) groups excluding carboxylic acids is 1. The van der Waals surface area contributed by atoms with Crippen LogP contribution in [0.1, 0.15) is 20.8 Å². The number of amides is 1. The first-order valence-electron chi connectivity index (χ1n) is 5.18. The van der Waals surface area contributed by atoms with Gasteiger partial charge in [0.25, 0.3) is 5.91 Å². The molecule has 96 valence electrons. The van der Waals surface area contributed by atoms with Crippen LogP contribution in [0.2, 0.25) is 0 Å². The number of halogens is 1. The van der Waals surface area contributed by atoms with Crippen molar-refractivity contribution in [1.29, 1.82) is 0 Å². The molecule has 2 rings (SSSR count). The fraction of sp³-hybridized carbons (Fsp3) is 0. The normalized spacial score (nSPS) is 9.95. The lowest BCUT2D eigenvalue weighted by Gasteiger charge is -2.06. The SMILES string of the molecule is O=C(Nc1ccncc1Br)c1ccnc(C(=O)O)c1. The minimum absolute atomic E-state index is 0.179. The van der Waals surface area contributed by atoms with Gasteiger partial charge in [0, 0.05) is 24.2 Å². The molecule has 2 N–H and O–H groups in total. The number of rotatable bonds is 3. The van der Waals surface area contributed by atoms with E-state index in [2.05, 4.69) is 31.2 Å². The molecule has 0 unspecified atom stereocenters. The van der Waals surface area contributed by atoms with E-state index in [1.165, 1.54) is 24.5 Å². The summed E-state index contributed by atoms with van der Waals surface area (Å²) in [6.45, 7) is 0. The zero-order valence-electron chi connectivity index (χ0n) is 9.50. The van der Waals surface area contributed by atoms with Crippen LogP contribution in [-0.2, 0) is 0 Å². The number of hydrogen-bond donors (Lipinski definition) is 2. The minimum Gasteiger partial charge on any atom is -0.477 e. The van der Waals surface area contributed by atoms with E-state index in [9.17, 15) is 9.59 Å². The number of aromatic nitrogens is 2. The van der Waals surface area contributed by atoms with E-state index in [4.69, 9.17) is 5.11 Å². The first-order chi connectivity index (χ1) is 9.08. The van der Waals surface area contributed by atoms with Crippen LogP contribution >= 0.6 is 15.9 Å². The zero-order chi connectivity index (χ0) is 13.8. The maximum Gasteiger partial charge on any atom is 0.354 e. The molecule has 0 aliphatic carbocycles. The third kappa shape index (κ3) is 3.14. The second-order valence-corrected chi connectivity index (χ2v) is 4.40. The number of carbonyl (C=O) groups is 2. The van der Waals surface area contributed by atoms with Crippen LogP contribution < -0.4 is 5.32 Å². The van der Waals surface area contributed by atoms with E-state index in [0.717, 1.165) is 0 Å². The van der Waals surface area contributed by atoms with Gasteiger partial charge in [-0.25, -0.2) is 9.78 Å². The van der Waals surface area contributed by atoms with E-state index >= 15 is 0 Å². The standard InChI is InChI=1S/C12H8BrN3O3/c13-8-6-14-3-2-9(8)16-11(17)7-1-4-15-10(5-7)12(18)19/h1-6H,(H,18,19)(H,14,16,17). The summed E-state index contributed by atoms with van der Waals surface area (Å²) >= 11 is 3.25. The molecular formula is C12H8BrN3O3. The molecule has 2 aromatic rings. The Bertz CT molecular complexity index is 646. The number of hydrogen-bond acceptors (Lipinski definition) is 4. The quantitative estimate of drug-likeness (QED) is 0.904. The summed E-state index contributed by atoms with van der Waals surface area (Å²) in [6.07, 6.45) is 4.36. The number of nitrogens with one attached hydrogen (secondary N) is 1. The molecule has 0 aromatic carbocycles. The van der Waals surface area contributed by atoms with Gasteiger partial charge < -0.3 is 10.4 Å². The first kappa shape index (κ1) is 13.2. The van der Waals surface area contributed by atoms with Gasteiger partial charge in [-0.1, -0.05) is 0 Å². The maximum absolute atomic E-state index is 12.0. The number of carboxylic acid groups (broad SMARTS) is 1. The van der Waals surface area contributed by atoms with Crippen molar-refractivity contribution in [2.45, 2.75) is 0 Å². The van der Waals surface area contributed by atoms with Crippen molar-refractivity contribution >= 4 is 33.5 Å². The number of anilines is 1. The molecule has 0 saturated heterocycles. The van der Waals surface area contributed by atoms with Crippen LogP contribution in [-0.4, -0.2) is 27.0 Å². The topological polar surface area (TPSA) is 92.2 Å². The van der Waals surface area contributed by atoms with Crippen LogP contribution in [0.15, 0.2) is 41.3 Å². The van der Waals surface area contributed by atoms with Crippen LogP contribution in [0.4, 0.5) is 5.69 Å². The Hall–Kier alpha value is -2.28. The van der Waals surface area contributed by atoms with Gasteiger partial charge in [-0.05, 0) is 34.1 Å². The summed E-state index contributed by atoms with van der Waals surface area (Å²) < 4.78 is 0.635. The van der Waals surface area contributed by atoms with E-state index in [-0.39, 0.29) is 11.3 Å². The molecule has 0 atom stereocenters. The highest BCUT2D eigenvalue weighted by Crippen LogP contribution is 2.20. The van der Waals surface area contributed by atoms with Gasteiger partial charge in [0.15, 0.2) is 0 Å². The molecule has 2 heterocycles. The summed E-state index contributed by atoms with van der Waals surface area (Å²) in [4.78, 5) is 30.3. The monoisotopic (exact) mass is 321 g/mol. The Morgan fingerprint density at radius 1 is 1.26 bits per heavy atom. The van der Waals surface area contributed by atoms with Gasteiger partial charge in [0.1, 0.15) is 5.69 Å². The largest absolute Gasteiger partial charge is 0.477 e. The molecular weight excluding hydrogens is 314 g/mol. The second-order valence-electron chi connectivity index (χ2n) is 3.54. The summed E-state index contributed by atoms with van der Waals surface area (Å²) in [5, 5.41) is 11.5. The van der Waals surface area contributed by atoms with Gasteiger partial charge in [-0.15, -0.1) is 0 Å². The fourth-order valence-corrected chi connectivity index (χ4v) is 1.71. The molecule has 6 nitrogen and oxygen atoms in total. The van der Waals surface area contributed by atoms with Crippen LogP contribution in [0.25, 0.3) is 0 Å². The molecule has 0 fully saturated rings. The molecule has 0 saturated carbocycles. The molecule has 0 radical (unpaired) electrons. The first-order valence-corrected chi connectivity index (χ1v) is 5.97. The maximum atomic E-state index is 12.0. The Kier molecular flexibility index (Phi) is 3.86. The molecule has 2 aromatic heterocycles. The van der Waals surface area contributed by atoms with Crippen molar-refractivity contribution in [3.63, 3.8) is 0 Å². The zero-order valence-corrected chi connectivity index (χ0v) is 11.1. The average molecular weight is 322 g/mol. The van der Waals surface area contributed by atoms with Crippen molar-refractivity contribution in [2.24, 2.45) is 0 Å². The lowest BCUT2D eigenvalue weighted by atomic mass is 10.2. The molecule has 0 aliphatic heterocycles. The number of nitrogens with zero attached hydrogens (tertiary/aromatic N) is 2. The number of pyridine rings is 2. The Morgan fingerprint density at radius 2 is 2.05 bits per heavy atom. The van der Waals surface area contributed by atoms with E-state index < -0.39 is 11.9 Å². The van der Waals surface area contributed by atoms with Gasteiger partial charge in [0.2, 0.25) is 0 Å². The lowest BCUT2D eigenvalue weighted by Crippen LogP contribution is -2.13. The summed E-state index contributed by atoms with van der Waals surface area (Å²) in [7, 11) is 0. The highest BCUT2D eigenvalue weighted by Gasteiger charge is 2.11. The van der Waals surface area contributed by atoms with Crippen molar-refractivity contribution in [2.75, 3.05) is 5.32 Å². The Morgan fingerprint density at radius 3 is 2.74 bits per heavy atom. The van der Waals surface area contributed by atoms with Crippen molar-refractivity contribution in [3.05, 3.63) is 52.5 Å². The summed E-state index contributed by atoms with van der Waals surface area (Å²) in [6, 6.07) is 4.28. The van der Waals surface area contributed by atoms with Gasteiger partial charge in [-0.2, -0.15) is 0 Å². The van der Waals surface area contributed by atoms with E-state index in [0.29, 0.717) is 10.2 Å². The highest BCUT2D eigenvalue weighted by atomic mass is 79.9. The number of aromatic carboxylic acids is 1. The third-order valence-electron chi connectivity index (χ3n) is 2.26. The molecule has 0 bridgehead atoms. The average Bonchev–Trinajstić information content (AvgIpc) is 2.41. The number of carboxylic acids is 1. The van der Waals surface area contributed by atoms with Crippen LogP contribution in [0, 0.1) is 0 Å². The molecule has 0 aliphatic rings. The van der Waals surface area contributed by atoms with E-state index in [1.807, 2.05) is 0 Å². The molecule has 1 amide bonds. The second kappa shape index (κ2) is 5.57. The van der Waals surface area contributed by atoms with Gasteiger partial charge in [-0.3, -0.25) is 9.78 Å². The predicted molar refractivity (Wildman–Crippen MR) is 71.1 cm³/mol. The molecule has 7 heteroatoms. The van der Waals surface area contributed by atoms with Crippen molar-refractivity contribution in [1.82, 2.24) is 9.97 Å². The van der Waals surface area contributed by atoms with E-state index in [1.54, 1.807) is 12.3 Å². The molecule has 19 heavy (non-hydrogen) atoms. The smallest absolute Gasteiger partial charge is 0.354 e. The summed E-state index contributed by atoms with van der Waals surface area (Å²) in [5.74, 6) is -1.60. The Labute approximate surface area is 116 Å². The third-order valence-corrected chi connectivity index (χ3v) is 2.89. The minimum atomic E-state index is -1.18. The van der Waals surface area contributed by atoms with Gasteiger partial charge >= 0.3 is 5.97 Å². The van der Waals surface area contributed by atoms with Gasteiger partial charge in [0.05, 0.1) is 10.2 Å².